The molecule has 2 aromatic rings. The van der Waals surface area contributed by atoms with Crippen molar-refractivity contribution in [3.63, 3.8) is 0 Å². The zero-order valence-electron chi connectivity index (χ0n) is 19.3. The lowest BCUT2D eigenvalue weighted by Crippen LogP contribution is -2.51. The number of benzene rings is 1. The highest BCUT2D eigenvalue weighted by Crippen LogP contribution is 2.25. The number of amides is 2. The third-order valence-corrected chi connectivity index (χ3v) is 6.67. The number of rotatable bonds is 7. The molecule has 1 saturated carbocycles. The minimum Gasteiger partial charge on any atom is -0.497 e. The van der Waals surface area contributed by atoms with Gasteiger partial charge >= 0.3 is 11.8 Å². The molecule has 4 rings (SSSR count). The Bertz CT molecular complexity index is 886. The number of anilines is 1. The van der Waals surface area contributed by atoms with E-state index < -0.39 is 11.8 Å². The highest BCUT2D eigenvalue weighted by Gasteiger charge is 2.28. The molecule has 0 radical (unpaired) electrons. The monoisotopic (exact) mass is 454 g/mol. The average molecular weight is 455 g/mol. The second-order valence-corrected chi connectivity index (χ2v) is 8.77. The van der Waals surface area contributed by atoms with Crippen LogP contribution in [0.1, 0.15) is 43.9 Å². The fraction of sp³-hybridized carbons (Fsp3) is 0.520. The molecule has 2 aliphatic rings. The van der Waals surface area contributed by atoms with Gasteiger partial charge in [-0.05, 0) is 49.2 Å². The third kappa shape index (κ3) is 6.07. The fourth-order valence-electron chi connectivity index (χ4n) is 4.74. The fourth-order valence-corrected chi connectivity index (χ4v) is 4.74. The number of methoxy groups -OCH3 is 1. The van der Waals surface area contributed by atoms with Crippen molar-refractivity contribution in [1.29, 1.82) is 0 Å². The van der Waals surface area contributed by atoms with Crippen molar-refractivity contribution in [2.45, 2.75) is 44.2 Å². The van der Waals surface area contributed by atoms with Gasteiger partial charge in [-0.1, -0.05) is 19.3 Å². The summed E-state index contributed by atoms with van der Waals surface area (Å²) in [6, 6.07) is 11.9. The van der Waals surface area contributed by atoms with Gasteiger partial charge in [0.2, 0.25) is 0 Å². The van der Waals surface area contributed by atoms with E-state index in [0.29, 0.717) is 6.54 Å². The molecule has 1 atom stereocenters. The molecule has 1 aliphatic carbocycles. The first-order valence-electron chi connectivity index (χ1n) is 11.9. The molecule has 8 heteroatoms. The lowest BCUT2D eigenvalue weighted by atomic mass is 9.95. The molecule has 0 bridgehead atoms. The lowest BCUT2D eigenvalue weighted by Gasteiger charge is -2.39. The SMILES string of the molecule is COc1ccc(N2CCN([C@H](CNC(=O)C(=O)NC3CCCCC3)c3ccco3)CC2)cc1. The topological polar surface area (TPSA) is 87.0 Å². The van der Waals surface area contributed by atoms with E-state index in [9.17, 15) is 9.59 Å². The van der Waals surface area contributed by atoms with Crippen LogP contribution < -0.4 is 20.3 Å². The maximum absolute atomic E-state index is 12.5. The largest absolute Gasteiger partial charge is 0.497 e. The second kappa shape index (κ2) is 11.2. The number of carbonyl (C=O) groups excluding carboxylic acids is 2. The van der Waals surface area contributed by atoms with Gasteiger partial charge in [0.15, 0.2) is 0 Å². The number of furan rings is 1. The molecule has 2 heterocycles. The summed E-state index contributed by atoms with van der Waals surface area (Å²) >= 11 is 0. The Kier molecular flexibility index (Phi) is 7.88. The first-order valence-corrected chi connectivity index (χ1v) is 11.9. The summed E-state index contributed by atoms with van der Waals surface area (Å²) in [6.45, 7) is 3.69. The molecule has 2 N–H and O–H groups in total. The Labute approximate surface area is 195 Å². The van der Waals surface area contributed by atoms with Crippen molar-refractivity contribution in [2.75, 3.05) is 44.7 Å². The van der Waals surface area contributed by atoms with Crippen molar-refractivity contribution in [1.82, 2.24) is 15.5 Å². The van der Waals surface area contributed by atoms with Gasteiger partial charge in [0.25, 0.3) is 0 Å². The third-order valence-electron chi connectivity index (χ3n) is 6.67. The van der Waals surface area contributed by atoms with Crippen molar-refractivity contribution >= 4 is 17.5 Å². The molecule has 33 heavy (non-hydrogen) atoms. The van der Waals surface area contributed by atoms with Crippen LogP contribution in [0.4, 0.5) is 5.69 Å². The maximum Gasteiger partial charge on any atom is 0.309 e. The second-order valence-electron chi connectivity index (χ2n) is 8.77. The number of ether oxygens (including phenoxy) is 1. The van der Waals surface area contributed by atoms with Crippen molar-refractivity contribution < 1.29 is 18.7 Å². The van der Waals surface area contributed by atoms with Gasteiger partial charge in [0.05, 0.1) is 19.4 Å². The molecule has 1 aromatic carbocycles. The van der Waals surface area contributed by atoms with Gasteiger partial charge in [-0.2, -0.15) is 0 Å². The summed E-state index contributed by atoms with van der Waals surface area (Å²) < 4.78 is 10.9. The Hall–Kier alpha value is -3.00. The first-order chi connectivity index (χ1) is 16.1. The van der Waals surface area contributed by atoms with E-state index in [4.69, 9.17) is 9.15 Å². The summed E-state index contributed by atoms with van der Waals surface area (Å²) in [5.41, 5.74) is 1.16. The first kappa shape index (κ1) is 23.2. The molecule has 1 aromatic heterocycles. The Balaban J connectivity index is 1.32. The summed E-state index contributed by atoms with van der Waals surface area (Å²) in [7, 11) is 1.67. The van der Waals surface area contributed by atoms with E-state index in [1.807, 2.05) is 24.3 Å². The lowest BCUT2D eigenvalue weighted by molar-refractivity contribution is -0.139. The number of nitrogens with one attached hydrogen (secondary N) is 2. The van der Waals surface area contributed by atoms with E-state index in [1.165, 1.54) is 6.42 Å². The van der Waals surface area contributed by atoms with Crippen LogP contribution in [0, 0.1) is 0 Å². The van der Waals surface area contributed by atoms with E-state index >= 15 is 0 Å². The van der Waals surface area contributed by atoms with E-state index in [2.05, 4.69) is 32.6 Å². The molecule has 1 saturated heterocycles. The van der Waals surface area contributed by atoms with Gasteiger partial charge in [0.1, 0.15) is 11.5 Å². The molecular weight excluding hydrogens is 420 g/mol. The Morgan fingerprint density at radius 3 is 2.39 bits per heavy atom. The van der Waals surface area contributed by atoms with Gasteiger partial charge in [-0.3, -0.25) is 14.5 Å². The van der Waals surface area contributed by atoms with Crippen LogP contribution >= 0.6 is 0 Å². The van der Waals surface area contributed by atoms with Gasteiger partial charge < -0.3 is 24.7 Å². The van der Waals surface area contributed by atoms with Crippen molar-refractivity contribution in [3.05, 3.63) is 48.4 Å². The zero-order chi connectivity index (χ0) is 23.0. The standard InChI is InChI=1S/C25H34N4O4/c1-32-21-11-9-20(10-12-21)28-13-15-29(16-14-28)22(23-8-5-17-33-23)18-26-24(30)25(31)27-19-6-3-2-4-7-19/h5,8-12,17,19,22H,2-4,6-7,13-16,18H2,1H3,(H,26,30)(H,27,31)/t22-/m1/s1. The quantitative estimate of drug-likeness (QED) is 0.626. The Morgan fingerprint density at radius 2 is 1.76 bits per heavy atom. The minimum absolute atomic E-state index is 0.115. The van der Waals surface area contributed by atoms with Crippen LogP contribution in [-0.2, 0) is 9.59 Å². The number of piperazine rings is 1. The normalized spacial score (nSPS) is 18.5. The van der Waals surface area contributed by atoms with Gasteiger partial charge in [-0.15, -0.1) is 0 Å². The number of nitrogens with zero attached hydrogens (tertiary/aromatic N) is 2. The minimum atomic E-state index is -0.575. The van der Waals surface area contributed by atoms with E-state index in [0.717, 1.165) is 69.1 Å². The molecule has 178 valence electrons. The van der Waals surface area contributed by atoms with Crippen molar-refractivity contribution in [2.24, 2.45) is 0 Å². The van der Waals surface area contributed by atoms with E-state index in [1.54, 1.807) is 13.4 Å². The highest BCUT2D eigenvalue weighted by molar-refractivity contribution is 6.35. The molecule has 1 aliphatic heterocycles. The van der Waals surface area contributed by atoms with Crippen LogP contribution in [-0.4, -0.2) is 62.6 Å². The number of hydrogen-bond acceptors (Lipinski definition) is 6. The summed E-state index contributed by atoms with van der Waals surface area (Å²) in [5.74, 6) is 0.526. The van der Waals surface area contributed by atoms with Gasteiger partial charge in [-0.25, -0.2) is 0 Å². The number of carbonyl (C=O) groups is 2. The van der Waals surface area contributed by atoms with Crippen LogP contribution in [0.5, 0.6) is 5.75 Å². The molecule has 0 unspecified atom stereocenters. The predicted molar refractivity (Wildman–Crippen MR) is 126 cm³/mol. The van der Waals surface area contributed by atoms with Crippen molar-refractivity contribution in [3.8, 4) is 5.75 Å². The molecule has 2 fully saturated rings. The predicted octanol–water partition coefficient (Wildman–Crippen LogP) is 2.72. The zero-order valence-corrected chi connectivity index (χ0v) is 19.3. The van der Waals surface area contributed by atoms with Gasteiger partial charge in [0, 0.05) is 44.5 Å². The average Bonchev–Trinajstić information content (AvgIpc) is 3.40. The molecule has 0 spiro atoms. The van der Waals surface area contributed by atoms with Crippen LogP contribution in [0.2, 0.25) is 0 Å². The van der Waals surface area contributed by atoms with Crippen LogP contribution in [0.15, 0.2) is 47.1 Å². The van der Waals surface area contributed by atoms with Crippen LogP contribution in [0.25, 0.3) is 0 Å². The smallest absolute Gasteiger partial charge is 0.309 e. The summed E-state index contributed by atoms with van der Waals surface area (Å²) in [4.78, 5) is 29.5. The van der Waals surface area contributed by atoms with E-state index in [-0.39, 0.29) is 12.1 Å². The Morgan fingerprint density at radius 1 is 1.03 bits per heavy atom. The molecular formula is C25H34N4O4. The molecule has 2 amide bonds. The summed E-state index contributed by atoms with van der Waals surface area (Å²) in [5, 5.41) is 5.72. The summed E-state index contributed by atoms with van der Waals surface area (Å²) in [6.07, 6.45) is 6.97. The van der Waals surface area contributed by atoms with Crippen LogP contribution in [0.3, 0.4) is 0 Å². The highest BCUT2D eigenvalue weighted by atomic mass is 16.5. The molecule has 8 nitrogen and oxygen atoms in total. The number of hydrogen-bond donors (Lipinski definition) is 2. The maximum atomic E-state index is 12.5.